The Morgan fingerprint density at radius 3 is 2.82 bits per heavy atom. The molecule has 1 unspecified atom stereocenters. The molecule has 2 heteroatoms. The van der Waals surface area contributed by atoms with E-state index >= 15 is 0 Å². The van der Waals surface area contributed by atoms with Gasteiger partial charge < -0.3 is 4.42 Å². The SMILES string of the molecule is CCc1occc1C(Cl)Cc1cccc(C)c1. The van der Waals surface area contributed by atoms with Gasteiger partial charge in [-0.05, 0) is 25.0 Å². The van der Waals surface area contributed by atoms with E-state index in [-0.39, 0.29) is 5.38 Å². The lowest BCUT2D eigenvalue weighted by Gasteiger charge is -2.09. The Morgan fingerprint density at radius 1 is 1.29 bits per heavy atom. The van der Waals surface area contributed by atoms with Gasteiger partial charge in [-0.2, -0.15) is 0 Å². The quantitative estimate of drug-likeness (QED) is 0.717. The zero-order valence-electron chi connectivity index (χ0n) is 10.2. The molecule has 0 aliphatic carbocycles. The Morgan fingerprint density at radius 2 is 2.12 bits per heavy atom. The van der Waals surface area contributed by atoms with Crippen LogP contribution in [0, 0.1) is 6.92 Å². The second kappa shape index (κ2) is 5.42. The van der Waals surface area contributed by atoms with Gasteiger partial charge in [0.05, 0.1) is 11.6 Å². The summed E-state index contributed by atoms with van der Waals surface area (Å²) in [6.45, 7) is 4.18. The lowest BCUT2D eigenvalue weighted by atomic mass is 10.0. The van der Waals surface area contributed by atoms with Crippen LogP contribution in [0.25, 0.3) is 0 Å². The molecule has 0 spiro atoms. The van der Waals surface area contributed by atoms with E-state index in [0.717, 1.165) is 24.2 Å². The van der Waals surface area contributed by atoms with Crippen LogP contribution in [0.3, 0.4) is 0 Å². The van der Waals surface area contributed by atoms with Gasteiger partial charge in [-0.3, -0.25) is 0 Å². The topological polar surface area (TPSA) is 13.1 Å². The maximum absolute atomic E-state index is 6.46. The van der Waals surface area contributed by atoms with Gasteiger partial charge in [0.2, 0.25) is 0 Å². The van der Waals surface area contributed by atoms with E-state index in [1.807, 2.05) is 6.07 Å². The Labute approximate surface area is 107 Å². The highest BCUT2D eigenvalue weighted by Gasteiger charge is 2.14. The number of benzene rings is 1. The fourth-order valence-electron chi connectivity index (χ4n) is 2.07. The van der Waals surface area contributed by atoms with Crippen molar-refractivity contribution >= 4 is 11.6 Å². The minimum Gasteiger partial charge on any atom is -0.469 e. The summed E-state index contributed by atoms with van der Waals surface area (Å²) in [4.78, 5) is 0. The number of rotatable bonds is 4. The summed E-state index contributed by atoms with van der Waals surface area (Å²) in [5.41, 5.74) is 3.67. The number of hydrogen-bond donors (Lipinski definition) is 0. The summed E-state index contributed by atoms with van der Waals surface area (Å²) in [7, 11) is 0. The molecule has 2 aromatic rings. The molecule has 17 heavy (non-hydrogen) atoms. The molecule has 1 aromatic heterocycles. The highest BCUT2D eigenvalue weighted by atomic mass is 35.5. The summed E-state index contributed by atoms with van der Waals surface area (Å²) in [5, 5.41) is -0.00880. The van der Waals surface area contributed by atoms with Crippen molar-refractivity contribution in [3.63, 3.8) is 0 Å². The van der Waals surface area contributed by atoms with Crippen LogP contribution >= 0.6 is 11.6 Å². The predicted octanol–water partition coefficient (Wildman–Crippen LogP) is 4.67. The molecule has 1 aromatic carbocycles. The number of alkyl halides is 1. The smallest absolute Gasteiger partial charge is 0.108 e. The van der Waals surface area contributed by atoms with Gasteiger partial charge in [0, 0.05) is 12.0 Å². The first kappa shape index (κ1) is 12.3. The zero-order chi connectivity index (χ0) is 12.3. The molecular formula is C15H17ClO. The molecular weight excluding hydrogens is 232 g/mol. The fraction of sp³-hybridized carbons (Fsp3) is 0.333. The first-order valence-corrected chi connectivity index (χ1v) is 6.40. The van der Waals surface area contributed by atoms with Crippen molar-refractivity contribution in [2.45, 2.75) is 32.1 Å². The van der Waals surface area contributed by atoms with Crippen LogP contribution in [0.1, 0.15) is 34.8 Å². The Bertz CT molecular complexity index is 487. The zero-order valence-corrected chi connectivity index (χ0v) is 11.0. The van der Waals surface area contributed by atoms with Crippen molar-refractivity contribution in [2.24, 2.45) is 0 Å². The largest absolute Gasteiger partial charge is 0.469 e. The summed E-state index contributed by atoms with van der Waals surface area (Å²) < 4.78 is 5.41. The van der Waals surface area contributed by atoms with Crippen LogP contribution in [0.4, 0.5) is 0 Å². The van der Waals surface area contributed by atoms with Gasteiger partial charge >= 0.3 is 0 Å². The Balaban J connectivity index is 2.14. The van der Waals surface area contributed by atoms with Crippen LogP contribution in [0.2, 0.25) is 0 Å². The third-order valence-corrected chi connectivity index (χ3v) is 3.33. The number of furan rings is 1. The van der Waals surface area contributed by atoms with E-state index < -0.39 is 0 Å². The molecule has 2 rings (SSSR count). The highest BCUT2D eigenvalue weighted by molar-refractivity contribution is 6.21. The number of aryl methyl sites for hydroxylation is 2. The molecule has 0 aliphatic rings. The maximum atomic E-state index is 6.46. The average Bonchev–Trinajstić information content (AvgIpc) is 2.77. The van der Waals surface area contributed by atoms with Gasteiger partial charge in [0.1, 0.15) is 5.76 Å². The second-order valence-corrected chi connectivity index (χ2v) is 4.84. The van der Waals surface area contributed by atoms with Crippen LogP contribution in [-0.4, -0.2) is 0 Å². The van der Waals surface area contributed by atoms with Crippen molar-refractivity contribution in [3.05, 3.63) is 59.0 Å². The average molecular weight is 249 g/mol. The van der Waals surface area contributed by atoms with E-state index in [1.165, 1.54) is 11.1 Å². The van der Waals surface area contributed by atoms with Crippen molar-refractivity contribution in [1.82, 2.24) is 0 Å². The molecule has 0 fully saturated rings. The van der Waals surface area contributed by atoms with Gasteiger partial charge in [0.15, 0.2) is 0 Å². The molecule has 0 aliphatic heterocycles. The molecule has 0 amide bonds. The third kappa shape index (κ3) is 2.92. The first-order valence-electron chi connectivity index (χ1n) is 5.96. The van der Waals surface area contributed by atoms with Crippen molar-refractivity contribution < 1.29 is 4.42 Å². The van der Waals surface area contributed by atoms with Crippen LogP contribution < -0.4 is 0 Å². The predicted molar refractivity (Wildman–Crippen MR) is 71.6 cm³/mol. The summed E-state index contributed by atoms with van der Waals surface area (Å²) in [6, 6.07) is 10.5. The van der Waals surface area contributed by atoms with Crippen LogP contribution in [-0.2, 0) is 12.8 Å². The molecule has 0 saturated heterocycles. The van der Waals surface area contributed by atoms with E-state index in [9.17, 15) is 0 Å². The summed E-state index contributed by atoms with van der Waals surface area (Å²) >= 11 is 6.46. The lowest BCUT2D eigenvalue weighted by molar-refractivity contribution is 0.510. The Kier molecular flexibility index (Phi) is 3.90. The molecule has 1 heterocycles. The maximum Gasteiger partial charge on any atom is 0.108 e. The normalized spacial score (nSPS) is 12.6. The minimum absolute atomic E-state index is 0.00880. The van der Waals surface area contributed by atoms with Gasteiger partial charge in [-0.15, -0.1) is 11.6 Å². The van der Waals surface area contributed by atoms with Gasteiger partial charge in [0.25, 0.3) is 0 Å². The lowest BCUT2D eigenvalue weighted by Crippen LogP contribution is -1.97. The number of hydrogen-bond acceptors (Lipinski definition) is 1. The van der Waals surface area contributed by atoms with E-state index in [4.69, 9.17) is 16.0 Å². The van der Waals surface area contributed by atoms with Crippen molar-refractivity contribution in [1.29, 1.82) is 0 Å². The molecule has 0 radical (unpaired) electrons. The standard InChI is InChI=1S/C15H17ClO/c1-3-15-13(7-8-17-15)14(16)10-12-6-4-5-11(2)9-12/h4-9,14H,3,10H2,1-2H3. The van der Waals surface area contributed by atoms with Crippen molar-refractivity contribution in [3.8, 4) is 0 Å². The van der Waals surface area contributed by atoms with Crippen LogP contribution in [0.15, 0.2) is 41.0 Å². The van der Waals surface area contributed by atoms with Crippen LogP contribution in [0.5, 0.6) is 0 Å². The van der Waals surface area contributed by atoms with Crippen molar-refractivity contribution in [2.75, 3.05) is 0 Å². The Hall–Kier alpha value is -1.21. The third-order valence-electron chi connectivity index (χ3n) is 2.94. The fourth-order valence-corrected chi connectivity index (χ4v) is 2.45. The molecule has 0 N–H and O–H groups in total. The summed E-state index contributed by atoms with van der Waals surface area (Å²) in [5.74, 6) is 0.998. The van der Waals surface area contributed by atoms with Gasteiger partial charge in [-0.25, -0.2) is 0 Å². The van der Waals surface area contributed by atoms with Gasteiger partial charge in [-0.1, -0.05) is 36.8 Å². The van der Waals surface area contributed by atoms with E-state index in [2.05, 4.69) is 38.1 Å². The van der Waals surface area contributed by atoms with E-state index in [1.54, 1.807) is 6.26 Å². The minimum atomic E-state index is -0.00880. The second-order valence-electron chi connectivity index (χ2n) is 4.31. The molecule has 1 atom stereocenters. The first-order chi connectivity index (χ1) is 8.20. The molecule has 0 saturated carbocycles. The highest BCUT2D eigenvalue weighted by Crippen LogP contribution is 2.29. The van der Waals surface area contributed by atoms with E-state index in [0.29, 0.717) is 0 Å². The summed E-state index contributed by atoms with van der Waals surface area (Å²) in [6.07, 6.45) is 3.45. The molecule has 0 bridgehead atoms. The monoisotopic (exact) mass is 248 g/mol. The number of halogens is 1. The molecule has 90 valence electrons. The molecule has 1 nitrogen and oxygen atoms in total.